The molecule has 0 amide bonds. The summed E-state index contributed by atoms with van der Waals surface area (Å²) in [7, 11) is -3.77. The average Bonchev–Trinajstić information content (AvgIpc) is 2.32. The summed E-state index contributed by atoms with van der Waals surface area (Å²) in [6.07, 6.45) is 0. The Balaban J connectivity index is 2.71. The van der Waals surface area contributed by atoms with Gasteiger partial charge in [0.1, 0.15) is 0 Å². The van der Waals surface area contributed by atoms with Gasteiger partial charge in [0.05, 0.1) is 24.9 Å². The lowest BCUT2D eigenvalue weighted by Crippen LogP contribution is -2.03. The predicted octanol–water partition coefficient (Wildman–Crippen LogP) is 4.48. The molecule has 0 N–H and O–H groups in total. The number of benzene rings is 2. The molecule has 0 unspecified atom stereocenters. The number of sulfone groups is 1. The first-order valence-corrected chi connectivity index (χ1v) is 7.50. The van der Waals surface area contributed by atoms with Crippen LogP contribution in [-0.2, 0) is 9.84 Å². The van der Waals surface area contributed by atoms with E-state index in [9.17, 15) is 8.42 Å². The van der Waals surface area contributed by atoms with Crippen molar-refractivity contribution in [1.29, 1.82) is 0 Å². The normalized spacial score (nSPS) is 11.5. The lowest BCUT2D eigenvalue weighted by Gasteiger charge is -2.08. The topological polar surface area (TPSA) is 34.1 Å². The smallest absolute Gasteiger partial charge is 0.209 e. The summed E-state index contributed by atoms with van der Waals surface area (Å²) in [6, 6.07) is 10.6. The van der Waals surface area contributed by atoms with Crippen molar-refractivity contribution in [2.45, 2.75) is 9.79 Å². The molecular formula is C12H7Cl3O2S. The third-order valence-electron chi connectivity index (χ3n) is 2.33. The van der Waals surface area contributed by atoms with Crippen LogP contribution in [0.25, 0.3) is 0 Å². The zero-order chi connectivity index (χ0) is 13.3. The van der Waals surface area contributed by atoms with Crippen LogP contribution in [0.15, 0.2) is 52.3 Å². The van der Waals surface area contributed by atoms with E-state index in [1.54, 1.807) is 12.1 Å². The molecule has 0 aromatic heterocycles. The molecule has 0 aliphatic rings. The second-order valence-corrected chi connectivity index (χ2v) is 6.56. The summed E-state index contributed by atoms with van der Waals surface area (Å²) in [6.45, 7) is 0. The van der Waals surface area contributed by atoms with Crippen molar-refractivity contribution < 1.29 is 8.42 Å². The quantitative estimate of drug-likeness (QED) is 0.817. The first-order valence-electron chi connectivity index (χ1n) is 4.88. The maximum absolute atomic E-state index is 12.4. The van der Waals surface area contributed by atoms with Crippen molar-refractivity contribution in [3.63, 3.8) is 0 Å². The molecule has 18 heavy (non-hydrogen) atoms. The summed E-state index contributed by atoms with van der Waals surface area (Å²) in [5.74, 6) is 0. The van der Waals surface area contributed by atoms with E-state index < -0.39 is 9.84 Å². The average molecular weight is 322 g/mol. The molecule has 6 heteroatoms. The minimum absolute atomic E-state index is 0.000846. The molecule has 0 heterocycles. The Labute approximate surface area is 120 Å². The summed E-state index contributed by atoms with van der Waals surface area (Å²) < 4.78 is 24.8. The van der Waals surface area contributed by atoms with Crippen LogP contribution in [-0.4, -0.2) is 8.42 Å². The van der Waals surface area contributed by atoms with Gasteiger partial charge in [-0.25, -0.2) is 8.42 Å². The van der Waals surface area contributed by atoms with E-state index in [2.05, 4.69) is 0 Å². The van der Waals surface area contributed by atoms with Gasteiger partial charge in [-0.3, -0.25) is 0 Å². The zero-order valence-electron chi connectivity index (χ0n) is 8.90. The Morgan fingerprint density at radius 2 is 1.28 bits per heavy atom. The van der Waals surface area contributed by atoms with Crippen molar-refractivity contribution in [2.24, 2.45) is 0 Å². The van der Waals surface area contributed by atoms with Crippen molar-refractivity contribution >= 4 is 44.6 Å². The monoisotopic (exact) mass is 320 g/mol. The van der Waals surface area contributed by atoms with E-state index in [0.29, 0.717) is 0 Å². The van der Waals surface area contributed by atoms with E-state index in [0.717, 1.165) is 0 Å². The Hall–Kier alpha value is -0.740. The molecule has 2 nitrogen and oxygen atoms in total. The van der Waals surface area contributed by atoms with Gasteiger partial charge in [0, 0.05) is 0 Å². The van der Waals surface area contributed by atoms with Crippen LogP contribution in [0.3, 0.4) is 0 Å². The maximum Gasteiger partial charge on any atom is 0.209 e. The summed E-state index contributed by atoms with van der Waals surface area (Å²) in [5, 5.41) is 0.331. The predicted molar refractivity (Wildman–Crippen MR) is 73.4 cm³/mol. The first kappa shape index (κ1) is 13.7. The molecule has 0 fully saturated rings. The number of hydrogen-bond donors (Lipinski definition) is 0. The summed E-state index contributed by atoms with van der Waals surface area (Å²) in [5.41, 5.74) is 0. The van der Waals surface area contributed by atoms with Crippen molar-refractivity contribution in [2.75, 3.05) is 0 Å². The highest BCUT2D eigenvalue weighted by Gasteiger charge is 2.24. The van der Waals surface area contributed by atoms with Gasteiger partial charge in [-0.15, -0.1) is 0 Å². The summed E-state index contributed by atoms with van der Waals surface area (Å²) in [4.78, 5) is -0.0411. The zero-order valence-corrected chi connectivity index (χ0v) is 12.0. The molecule has 0 atom stereocenters. The summed E-state index contributed by atoms with van der Waals surface area (Å²) >= 11 is 17.6. The van der Waals surface area contributed by atoms with E-state index in [1.165, 1.54) is 30.3 Å². The van der Waals surface area contributed by atoms with Gasteiger partial charge in [0.25, 0.3) is 0 Å². The largest absolute Gasteiger partial charge is 0.218 e. The minimum atomic E-state index is -3.77. The molecular weight excluding hydrogens is 315 g/mol. The fraction of sp³-hybridized carbons (Fsp3) is 0. The Morgan fingerprint density at radius 1 is 0.722 bits per heavy atom. The van der Waals surface area contributed by atoms with Gasteiger partial charge in [-0.1, -0.05) is 53.0 Å². The van der Waals surface area contributed by atoms with Crippen LogP contribution >= 0.6 is 34.8 Å². The molecule has 2 aromatic carbocycles. The van der Waals surface area contributed by atoms with E-state index >= 15 is 0 Å². The first-order chi connectivity index (χ1) is 8.44. The highest BCUT2D eigenvalue weighted by Crippen LogP contribution is 2.34. The number of halogens is 3. The van der Waals surface area contributed by atoms with Crippen molar-refractivity contribution in [1.82, 2.24) is 0 Å². The molecule has 0 radical (unpaired) electrons. The Bertz CT molecular complexity index is 696. The van der Waals surface area contributed by atoms with Gasteiger partial charge >= 0.3 is 0 Å². The third-order valence-corrected chi connectivity index (χ3v) is 5.56. The van der Waals surface area contributed by atoms with Gasteiger partial charge in [0.15, 0.2) is 0 Å². The fourth-order valence-electron chi connectivity index (χ4n) is 1.47. The SMILES string of the molecule is O=S(=O)(c1ccccc1Cl)c1cccc(Cl)c1Cl. The third kappa shape index (κ3) is 2.36. The standard InChI is InChI=1S/C12H7Cl3O2S/c13-8-4-1-2-6-10(8)18(16,17)11-7-3-5-9(14)12(11)15/h1-7H. The molecule has 2 rings (SSSR count). The van der Waals surface area contributed by atoms with E-state index in [-0.39, 0.29) is 24.9 Å². The van der Waals surface area contributed by atoms with Crippen molar-refractivity contribution in [3.8, 4) is 0 Å². The van der Waals surface area contributed by atoms with Gasteiger partial charge in [-0.05, 0) is 24.3 Å². The molecule has 0 aliphatic heterocycles. The Morgan fingerprint density at radius 3 is 1.94 bits per heavy atom. The lowest BCUT2D eigenvalue weighted by atomic mass is 10.4. The van der Waals surface area contributed by atoms with E-state index in [4.69, 9.17) is 34.8 Å². The van der Waals surface area contributed by atoms with Crippen LogP contribution < -0.4 is 0 Å². The number of hydrogen-bond acceptors (Lipinski definition) is 2. The van der Waals surface area contributed by atoms with Gasteiger partial charge in [-0.2, -0.15) is 0 Å². The fourth-order valence-corrected chi connectivity index (χ4v) is 4.00. The van der Waals surface area contributed by atoms with Crippen LogP contribution in [0, 0.1) is 0 Å². The lowest BCUT2D eigenvalue weighted by molar-refractivity contribution is 0.596. The van der Waals surface area contributed by atoms with E-state index in [1.807, 2.05) is 0 Å². The van der Waals surface area contributed by atoms with Crippen molar-refractivity contribution in [3.05, 3.63) is 57.5 Å². The Kier molecular flexibility index (Phi) is 3.87. The maximum atomic E-state index is 12.4. The minimum Gasteiger partial charge on any atom is -0.218 e. The molecule has 94 valence electrons. The molecule has 0 spiro atoms. The highest BCUT2D eigenvalue weighted by atomic mass is 35.5. The number of rotatable bonds is 2. The van der Waals surface area contributed by atoms with Crippen LogP contribution in [0.1, 0.15) is 0 Å². The molecule has 0 aliphatic carbocycles. The second kappa shape index (κ2) is 5.10. The van der Waals surface area contributed by atoms with Gasteiger partial charge < -0.3 is 0 Å². The second-order valence-electron chi connectivity index (χ2n) is 3.49. The van der Waals surface area contributed by atoms with Crippen LogP contribution in [0.5, 0.6) is 0 Å². The molecule has 0 saturated heterocycles. The van der Waals surface area contributed by atoms with Gasteiger partial charge in [0.2, 0.25) is 9.84 Å². The van der Waals surface area contributed by atoms with Crippen LogP contribution in [0.4, 0.5) is 0 Å². The molecule has 0 bridgehead atoms. The highest BCUT2D eigenvalue weighted by molar-refractivity contribution is 7.91. The molecule has 2 aromatic rings. The molecule has 0 saturated carbocycles. The van der Waals surface area contributed by atoms with Crippen LogP contribution in [0.2, 0.25) is 15.1 Å².